The molecule has 32 heavy (non-hydrogen) atoms. The van der Waals surface area contributed by atoms with Crippen LogP contribution in [-0.2, 0) is 11.3 Å². The van der Waals surface area contributed by atoms with Gasteiger partial charge in [-0.2, -0.15) is 0 Å². The number of nitrogens with one attached hydrogen (secondary N) is 2. The maximum Gasteiger partial charge on any atom is 0.322 e. The largest absolute Gasteiger partial charge is 0.480 e. The number of nitrogens with zero attached hydrogens (tertiary/aromatic N) is 1. The van der Waals surface area contributed by atoms with Crippen LogP contribution in [-0.4, -0.2) is 34.0 Å². The fourth-order valence-corrected chi connectivity index (χ4v) is 3.66. The second-order valence-electron chi connectivity index (χ2n) is 7.91. The number of allylic oxidation sites excluding steroid dienone is 1. The zero-order chi connectivity index (χ0) is 23.4. The van der Waals surface area contributed by atoms with Crippen LogP contribution < -0.4 is 10.6 Å². The number of aromatic nitrogens is 1. The van der Waals surface area contributed by atoms with Crippen LogP contribution in [0.5, 0.6) is 0 Å². The Labute approximate surface area is 186 Å². The Kier molecular flexibility index (Phi) is 6.78. The van der Waals surface area contributed by atoms with E-state index in [2.05, 4.69) is 43.2 Å². The van der Waals surface area contributed by atoms with Crippen molar-refractivity contribution in [2.75, 3.05) is 11.9 Å². The maximum absolute atomic E-state index is 13.2. The van der Waals surface area contributed by atoms with Crippen molar-refractivity contribution in [1.82, 2.24) is 9.88 Å². The van der Waals surface area contributed by atoms with Crippen molar-refractivity contribution in [3.05, 3.63) is 77.5 Å². The highest BCUT2D eigenvalue weighted by atomic mass is 16.4. The molecule has 0 saturated carbocycles. The van der Waals surface area contributed by atoms with Gasteiger partial charge >= 0.3 is 5.97 Å². The fraction of sp³-hybridized carbons (Fsp3) is 0.240. The molecule has 3 N–H and O–H groups in total. The first-order valence-corrected chi connectivity index (χ1v) is 10.4. The Morgan fingerprint density at radius 1 is 1.09 bits per heavy atom. The van der Waals surface area contributed by atoms with E-state index in [4.69, 9.17) is 5.11 Å². The molecular weight excluding hydrogens is 406 g/mol. The smallest absolute Gasteiger partial charge is 0.322 e. The minimum atomic E-state index is -1.12. The second kappa shape index (κ2) is 9.51. The Morgan fingerprint density at radius 2 is 1.78 bits per heavy atom. The quantitative estimate of drug-likeness (QED) is 0.461. The molecule has 0 atom stereocenters. The first-order chi connectivity index (χ1) is 15.2. The number of benzene rings is 2. The average molecular weight is 434 g/mol. The number of aryl methyl sites for hydroxylation is 1. The van der Waals surface area contributed by atoms with Crippen molar-refractivity contribution in [3.63, 3.8) is 0 Å². The summed E-state index contributed by atoms with van der Waals surface area (Å²) in [4.78, 5) is 35.8. The van der Waals surface area contributed by atoms with Gasteiger partial charge < -0.3 is 20.3 Å². The lowest BCUT2D eigenvalue weighted by molar-refractivity contribution is -0.135. The van der Waals surface area contributed by atoms with Gasteiger partial charge in [0.2, 0.25) is 0 Å². The lowest BCUT2D eigenvalue weighted by Gasteiger charge is -2.11. The predicted molar refractivity (Wildman–Crippen MR) is 125 cm³/mol. The number of rotatable bonds is 8. The highest BCUT2D eigenvalue weighted by Crippen LogP contribution is 2.29. The minimum Gasteiger partial charge on any atom is -0.480 e. The number of carboxylic acid groups (broad SMARTS) is 1. The number of fused-ring (bicyclic) bond motifs is 1. The molecule has 3 rings (SSSR count). The number of hydrogen-bond acceptors (Lipinski definition) is 3. The van der Waals surface area contributed by atoms with E-state index >= 15 is 0 Å². The van der Waals surface area contributed by atoms with Crippen molar-refractivity contribution < 1.29 is 19.5 Å². The number of carbonyl (C=O) groups excluding carboxylic acids is 2. The summed E-state index contributed by atoms with van der Waals surface area (Å²) in [7, 11) is 0. The SMILES string of the molecule is C=CCn1c(C(=O)Nc2ccc(C(=O)NCC(=O)O)cc2)c(C)c2cc(C(C)C)ccc21. The van der Waals surface area contributed by atoms with E-state index in [1.54, 1.807) is 18.2 Å². The molecule has 1 aromatic heterocycles. The summed E-state index contributed by atoms with van der Waals surface area (Å²) in [6.07, 6.45) is 1.76. The molecule has 0 aliphatic rings. The second-order valence-corrected chi connectivity index (χ2v) is 7.91. The van der Waals surface area contributed by atoms with Crippen LogP contribution in [0.3, 0.4) is 0 Å². The van der Waals surface area contributed by atoms with Gasteiger partial charge in [0, 0.05) is 28.7 Å². The summed E-state index contributed by atoms with van der Waals surface area (Å²) in [6.45, 7) is 10.1. The molecule has 0 aliphatic heterocycles. The van der Waals surface area contributed by atoms with Gasteiger partial charge in [0.05, 0.1) is 0 Å². The molecule has 3 aromatic rings. The van der Waals surface area contributed by atoms with Gasteiger partial charge in [0.1, 0.15) is 12.2 Å². The average Bonchev–Trinajstić information content (AvgIpc) is 3.04. The number of carboxylic acids is 1. The minimum absolute atomic E-state index is 0.255. The van der Waals surface area contributed by atoms with Crippen molar-refractivity contribution in [2.45, 2.75) is 33.2 Å². The molecular formula is C25H27N3O4. The van der Waals surface area contributed by atoms with E-state index in [-0.39, 0.29) is 5.91 Å². The highest BCUT2D eigenvalue weighted by molar-refractivity contribution is 6.08. The Balaban J connectivity index is 1.88. The number of anilines is 1. The molecule has 2 aromatic carbocycles. The molecule has 0 bridgehead atoms. The summed E-state index contributed by atoms with van der Waals surface area (Å²) < 4.78 is 1.95. The van der Waals surface area contributed by atoms with Crippen LogP contribution in [0.25, 0.3) is 10.9 Å². The zero-order valence-corrected chi connectivity index (χ0v) is 18.4. The molecule has 166 valence electrons. The van der Waals surface area contributed by atoms with Gasteiger partial charge in [0.25, 0.3) is 11.8 Å². The van der Waals surface area contributed by atoms with E-state index < -0.39 is 18.4 Å². The number of amides is 2. The van der Waals surface area contributed by atoms with Crippen LogP contribution in [0.2, 0.25) is 0 Å². The van der Waals surface area contributed by atoms with E-state index in [9.17, 15) is 14.4 Å². The lowest BCUT2D eigenvalue weighted by Crippen LogP contribution is -2.29. The molecule has 0 aliphatic carbocycles. The van der Waals surface area contributed by atoms with Crippen molar-refractivity contribution in [3.8, 4) is 0 Å². The summed E-state index contributed by atoms with van der Waals surface area (Å²) in [5.41, 5.74) is 4.47. The van der Waals surface area contributed by atoms with Crippen molar-refractivity contribution in [1.29, 1.82) is 0 Å². The number of carbonyl (C=O) groups is 3. The van der Waals surface area contributed by atoms with Crippen LogP contribution >= 0.6 is 0 Å². The Morgan fingerprint density at radius 3 is 2.38 bits per heavy atom. The van der Waals surface area contributed by atoms with Gasteiger partial charge in [-0.25, -0.2) is 0 Å². The van der Waals surface area contributed by atoms with Crippen molar-refractivity contribution in [2.24, 2.45) is 0 Å². The van der Waals surface area contributed by atoms with Crippen LogP contribution in [0.4, 0.5) is 5.69 Å². The van der Waals surface area contributed by atoms with Crippen LogP contribution in [0.1, 0.15) is 51.7 Å². The Hall–Kier alpha value is -3.87. The van der Waals surface area contributed by atoms with Gasteiger partial charge in [-0.3, -0.25) is 14.4 Å². The molecule has 2 amide bonds. The summed E-state index contributed by atoms with van der Waals surface area (Å²) in [5.74, 6) is -1.49. The summed E-state index contributed by atoms with van der Waals surface area (Å²) >= 11 is 0. The molecule has 0 saturated heterocycles. The molecule has 0 spiro atoms. The first-order valence-electron chi connectivity index (χ1n) is 10.4. The van der Waals surface area contributed by atoms with E-state index in [0.29, 0.717) is 29.4 Å². The zero-order valence-electron chi connectivity index (χ0n) is 18.4. The van der Waals surface area contributed by atoms with Crippen LogP contribution in [0, 0.1) is 6.92 Å². The molecule has 1 heterocycles. The number of aliphatic carboxylic acids is 1. The highest BCUT2D eigenvalue weighted by Gasteiger charge is 2.20. The monoisotopic (exact) mass is 433 g/mol. The molecule has 7 heteroatoms. The maximum atomic E-state index is 13.2. The van der Waals surface area contributed by atoms with E-state index in [0.717, 1.165) is 16.5 Å². The van der Waals surface area contributed by atoms with E-state index in [1.807, 2.05) is 17.6 Å². The lowest BCUT2D eigenvalue weighted by atomic mass is 10.0. The summed E-state index contributed by atoms with van der Waals surface area (Å²) in [5, 5.41) is 14.9. The van der Waals surface area contributed by atoms with Gasteiger partial charge in [-0.15, -0.1) is 6.58 Å². The Bertz CT molecular complexity index is 1190. The predicted octanol–water partition coefficient (Wildman–Crippen LogP) is 4.33. The van der Waals surface area contributed by atoms with Gasteiger partial charge in [-0.1, -0.05) is 26.0 Å². The third-order valence-corrected chi connectivity index (χ3v) is 5.34. The molecule has 0 unspecified atom stereocenters. The summed E-state index contributed by atoms with van der Waals surface area (Å²) in [6, 6.07) is 12.6. The fourth-order valence-electron chi connectivity index (χ4n) is 3.66. The topological polar surface area (TPSA) is 100 Å². The van der Waals surface area contributed by atoms with E-state index in [1.165, 1.54) is 17.7 Å². The first kappa shape index (κ1) is 22.8. The normalized spacial score (nSPS) is 10.9. The van der Waals surface area contributed by atoms with Gasteiger partial charge in [-0.05, 0) is 60.4 Å². The third-order valence-electron chi connectivity index (χ3n) is 5.34. The standard InChI is InChI=1S/C25H27N3O4/c1-5-12-28-21-11-8-18(15(2)3)13-20(21)16(4)23(28)25(32)27-19-9-6-17(7-10-19)24(31)26-14-22(29)30/h5-11,13,15H,1,12,14H2,2-4H3,(H,26,31)(H,27,32)(H,29,30). The van der Waals surface area contributed by atoms with Crippen molar-refractivity contribution >= 4 is 34.4 Å². The molecule has 7 nitrogen and oxygen atoms in total. The molecule has 0 fully saturated rings. The van der Waals surface area contributed by atoms with Crippen LogP contribution in [0.15, 0.2) is 55.1 Å². The number of hydrogen-bond donors (Lipinski definition) is 3. The van der Waals surface area contributed by atoms with Gasteiger partial charge in [0.15, 0.2) is 0 Å². The third kappa shape index (κ3) is 4.72. The molecule has 0 radical (unpaired) electrons.